The summed E-state index contributed by atoms with van der Waals surface area (Å²) in [7, 11) is 7.10. The van der Waals surface area contributed by atoms with Gasteiger partial charge in [-0.25, -0.2) is 9.97 Å². The maximum atomic E-state index is 9.23. The standard InChI is InChI=1S/C31H36ClN9O3/c1-39(2)13-14-41(31(34)40(3)20-33)12-7-15-43-29-17-24-26(18-28(29)42-4)36-21-37-30(24)38-22-9-10-27(25(32)16-22)44-19-23-8-5-6-11-35-23/h5-6,8-11,16-18,21,34H,7,12-15,19H2,1-4H3,(H,36,37,38). The molecule has 2 heterocycles. The Balaban J connectivity index is 1.45. The molecule has 4 aromatic rings. The molecule has 4 rings (SSSR count). The van der Waals surface area contributed by atoms with Crippen LogP contribution in [0.4, 0.5) is 11.5 Å². The molecule has 230 valence electrons. The van der Waals surface area contributed by atoms with Gasteiger partial charge in [0.2, 0.25) is 5.96 Å². The summed E-state index contributed by atoms with van der Waals surface area (Å²) < 4.78 is 17.6. The van der Waals surface area contributed by atoms with Crippen LogP contribution in [0.15, 0.2) is 61.1 Å². The molecule has 12 nitrogen and oxygen atoms in total. The van der Waals surface area contributed by atoms with E-state index in [2.05, 4.69) is 20.3 Å². The Kier molecular flexibility index (Phi) is 11.3. The van der Waals surface area contributed by atoms with Gasteiger partial charge in [-0.15, -0.1) is 0 Å². The van der Waals surface area contributed by atoms with E-state index < -0.39 is 0 Å². The lowest BCUT2D eigenvalue weighted by molar-refractivity contribution is 0.257. The Morgan fingerprint density at radius 1 is 0.977 bits per heavy atom. The molecule has 13 heteroatoms. The third-order valence-corrected chi connectivity index (χ3v) is 6.93. The Morgan fingerprint density at radius 3 is 2.52 bits per heavy atom. The molecule has 0 aliphatic carbocycles. The largest absolute Gasteiger partial charge is 0.493 e. The average Bonchev–Trinajstić information content (AvgIpc) is 3.03. The lowest BCUT2D eigenvalue weighted by atomic mass is 10.2. The van der Waals surface area contributed by atoms with Crippen molar-refractivity contribution >= 4 is 40.0 Å². The first-order chi connectivity index (χ1) is 21.3. The van der Waals surface area contributed by atoms with Gasteiger partial charge in [-0.3, -0.25) is 15.3 Å². The Bertz CT molecular complexity index is 1600. The summed E-state index contributed by atoms with van der Waals surface area (Å²) in [5.41, 5.74) is 2.21. The van der Waals surface area contributed by atoms with Crippen LogP contribution in [0.5, 0.6) is 17.2 Å². The number of benzene rings is 2. The summed E-state index contributed by atoms with van der Waals surface area (Å²) in [5, 5.41) is 22.1. The first-order valence-electron chi connectivity index (χ1n) is 14.0. The SMILES string of the molecule is COc1cc2ncnc(Nc3ccc(OCc4ccccn4)c(Cl)c3)c2cc1OCCCN(CCN(C)C)C(=N)N(C)C#N. The van der Waals surface area contributed by atoms with Gasteiger partial charge in [0.1, 0.15) is 24.5 Å². The van der Waals surface area contributed by atoms with Gasteiger partial charge in [0.05, 0.1) is 29.9 Å². The summed E-state index contributed by atoms with van der Waals surface area (Å²) in [6, 6.07) is 14.7. The molecule has 44 heavy (non-hydrogen) atoms. The Hall–Kier alpha value is -4.86. The number of pyridine rings is 1. The van der Waals surface area contributed by atoms with Gasteiger partial charge in [0.15, 0.2) is 17.7 Å². The molecule has 0 aliphatic heterocycles. The first-order valence-corrected chi connectivity index (χ1v) is 14.3. The van der Waals surface area contributed by atoms with Crippen molar-refractivity contribution in [2.45, 2.75) is 13.0 Å². The van der Waals surface area contributed by atoms with E-state index in [1.165, 1.54) is 11.2 Å². The minimum absolute atomic E-state index is 0.151. The van der Waals surface area contributed by atoms with Crippen LogP contribution in [0.1, 0.15) is 12.1 Å². The number of methoxy groups -OCH3 is 1. The lowest BCUT2D eigenvalue weighted by Crippen LogP contribution is -2.43. The number of guanidine groups is 1. The molecule has 2 aromatic heterocycles. The number of fused-ring (bicyclic) bond motifs is 1. The second kappa shape index (κ2) is 15.6. The van der Waals surface area contributed by atoms with Gasteiger partial charge in [-0.2, -0.15) is 5.26 Å². The van der Waals surface area contributed by atoms with Gasteiger partial charge < -0.3 is 29.3 Å². The summed E-state index contributed by atoms with van der Waals surface area (Å²) in [5.74, 6) is 2.35. The monoisotopic (exact) mass is 617 g/mol. The van der Waals surface area contributed by atoms with Gasteiger partial charge in [-0.1, -0.05) is 17.7 Å². The fourth-order valence-electron chi connectivity index (χ4n) is 4.24. The minimum Gasteiger partial charge on any atom is -0.493 e. The van der Waals surface area contributed by atoms with Crippen LogP contribution in [-0.2, 0) is 6.61 Å². The maximum absolute atomic E-state index is 9.23. The fourth-order valence-corrected chi connectivity index (χ4v) is 4.48. The van der Waals surface area contributed by atoms with Crippen molar-refractivity contribution in [3.8, 4) is 23.4 Å². The molecule has 0 unspecified atom stereocenters. The van der Waals surface area contributed by atoms with Crippen LogP contribution in [0.2, 0.25) is 5.02 Å². The van der Waals surface area contributed by atoms with Gasteiger partial charge >= 0.3 is 0 Å². The zero-order chi connectivity index (χ0) is 31.5. The summed E-state index contributed by atoms with van der Waals surface area (Å²) >= 11 is 6.53. The predicted octanol–water partition coefficient (Wildman–Crippen LogP) is 4.99. The summed E-state index contributed by atoms with van der Waals surface area (Å²) in [4.78, 5) is 18.3. The van der Waals surface area contributed by atoms with Crippen molar-refractivity contribution in [1.29, 1.82) is 10.7 Å². The van der Waals surface area contributed by atoms with Crippen molar-refractivity contribution in [1.82, 2.24) is 29.7 Å². The van der Waals surface area contributed by atoms with Gasteiger partial charge in [0.25, 0.3) is 0 Å². The molecule has 0 saturated carbocycles. The van der Waals surface area contributed by atoms with Crippen LogP contribution in [0.25, 0.3) is 10.9 Å². The van der Waals surface area contributed by atoms with E-state index in [4.69, 9.17) is 31.2 Å². The lowest BCUT2D eigenvalue weighted by Gasteiger charge is -2.28. The zero-order valence-corrected chi connectivity index (χ0v) is 26.0. The highest BCUT2D eigenvalue weighted by atomic mass is 35.5. The molecule has 0 bridgehead atoms. The first kappa shape index (κ1) is 32.1. The van der Waals surface area contributed by atoms with Gasteiger partial charge in [-0.05, 0) is 56.9 Å². The van der Waals surface area contributed by atoms with E-state index in [1.54, 1.807) is 38.6 Å². The molecule has 0 amide bonds. The number of hydrogen-bond acceptors (Lipinski definition) is 10. The van der Waals surface area contributed by atoms with E-state index >= 15 is 0 Å². The number of aromatic nitrogens is 3. The molecular weight excluding hydrogens is 582 g/mol. The fraction of sp³-hybridized carbons (Fsp3) is 0.323. The molecule has 0 saturated heterocycles. The number of likely N-dealkylation sites (N-methyl/N-ethyl adjacent to an activating group) is 1. The molecular formula is C31H36ClN9O3. The van der Waals surface area contributed by atoms with Crippen molar-refractivity contribution < 1.29 is 14.2 Å². The van der Waals surface area contributed by atoms with E-state index in [-0.39, 0.29) is 5.96 Å². The van der Waals surface area contributed by atoms with Crippen molar-refractivity contribution in [3.63, 3.8) is 0 Å². The Labute approximate surface area is 262 Å². The number of anilines is 2. The molecule has 2 N–H and O–H groups in total. The number of nitrogens with one attached hydrogen (secondary N) is 2. The average molecular weight is 618 g/mol. The highest BCUT2D eigenvalue weighted by Gasteiger charge is 2.16. The summed E-state index contributed by atoms with van der Waals surface area (Å²) in [6.07, 6.45) is 5.82. The number of ether oxygens (including phenoxy) is 3. The minimum atomic E-state index is 0.151. The van der Waals surface area contributed by atoms with Crippen LogP contribution >= 0.6 is 11.6 Å². The van der Waals surface area contributed by atoms with Crippen LogP contribution < -0.4 is 19.5 Å². The highest BCUT2D eigenvalue weighted by molar-refractivity contribution is 6.32. The second-order valence-electron chi connectivity index (χ2n) is 10.1. The van der Waals surface area contributed by atoms with E-state index in [0.717, 1.165) is 23.3 Å². The van der Waals surface area contributed by atoms with E-state index in [1.807, 2.05) is 60.4 Å². The second-order valence-corrected chi connectivity index (χ2v) is 10.5. The number of hydrogen-bond donors (Lipinski definition) is 2. The normalized spacial score (nSPS) is 10.8. The van der Waals surface area contributed by atoms with Crippen molar-refractivity contribution in [3.05, 3.63) is 71.8 Å². The van der Waals surface area contributed by atoms with E-state index in [9.17, 15) is 5.26 Å². The van der Waals surface area contributed by atoms with Crippen molar-refractivity contribution in [2.24, 2.45) is 0 Å². The van der Waals surface area contributed by atoms with Crippen LogP contribution in [-0.4, -0.2) is 90.1 Å². The predicted molar refractivity (Wildman–Crippen MR) is 171 cm³/mol. The number of rotatable bonds is 14. The topological polar surface area (TPSA) is 136 Å². The number of halogens is 1. The molecule has 0 aliphatic rings. The van der Waals surface area contributed by atoms with Crippen molar-refractivity contribution in [2.75, 3.05) is 59.8 Å². The molecule has 2 aromatic carbocycles. The number of nitriles is 1. The molecule has 0 fully saturated rings. The highest BCUT2D eigenvalue weighted by Crippen LogP contribution is 2.36. The summed E-state index contributed by atoms with van der Waals surface area (Å²) in [6.45, 7) is 2.60. The zero-order valence-electron chi connectivity index (χ0n) is 25.2. The third-order valence-electron chi connectivity index (χ3n) is 6.63. The van der Waals surface area contributed by atoms with E-state index in [0.29, 0.717) is 66.3 Å². The molecule has 0 atom stereocenters. The number of nitrogens with zero attached hydrogens (tertiary/aromatic N) is 7. The van der Waals surface area contributed by atoms with Crippen LogP contribution in [0, 0.1) is 16.9 Å². The smallest absolute Gasteiger partial charge is 0.206 e. The maximum Gasteiger partial charge on any atom is 0.206 e. The van der Waals surface area contributed by atoms with Gasteiger partial charge in [0, 0.05) is 50.0 Å². The Morgan fingerprint density at radius 2 is 1.82 bits per heavy atom. The molecule has 0 spiro atoms. The molecule has 0 radical (unpaired) electrons. The van der Waals surface area contributed by atoms with Crippen LogP contribution in [0.3, 0.4) is 0 Å². The quantitative estimate of drug-likeness (QED) is 0.0651. The third kappa shape index (κ3) is 8.59.